The van der Waals surface area contributed by atoms with Crippen LogP contribution in [0.1, 0.15) is 39.5 Å². The second-order valence-electron chi connectivity index (χ2n) is 4.83. The third-order valence-electron chi connectivity index (χ3n) is 3.61. The summed E-state index contributed by atoms with van der Waals surface area (Å²) >= 11 is 0. The molecule has 0 spiro atoms. The SMILES string of the molecule is C#CCN(CC)C(=O)C1(CCC)CCCNC1. The zero-order chi connectivity index (χ0) is 12.7. The molecular formula is C14H24N2O. The van der Waals surface area contributed by atoms with Crippen molar-refractivity contribution in [3.05, 3.63) is 0 Å². The van der Waals surface area contributed by atoms with Crippen LogP contribution in [0.2, 0.25) is 0 Å². The summed E-state index contributed by atoms with van der Waals surface area (Å²) in [5.41, 5.74) is -0.208. The molecule has 0 bridgehead atoms. The molecule has 1 atom stereocenters. The van der Waals surface area contributed by atoms with Crippen molar-refractivity contribution in [1.29, 1.82) is 0 Å². The summed E-state index contributed by atoms with van der Waals surface area (Å²) in [5, 5.41) is 3.36. The predicted molar refractivity (Wildman–Crippen MR) is 70.5 cm³/mol. The summed E-state index contributed by atoms with van der Waals surface area (Å²) < 4.78 is 0. The molecule has 0 aromatic carbocycles. The van der Waals surface area contributed by atoms with Gasteiger partial charge in [-0.2, -0.15) is 0 Å². The summed E-state index contributed by atoms with van der Waals surface area (Å²) in [6, 6.07) is 0. The number of hydrogen-bond donors (Lipinski definition) is 1. The van der Waals surface area contributed by atoms with Crippen LogP contribution >= 0.6 is 0 Å². The number of rotatable bonds is 5. The monoisotopic (exact) mass is 236 g/mol. The summed E-state index contributed by atoms with van der Waals surface area (Å²) in [4.78, 5) is 14.4. The highest BCUT2D eigenvalue weighted by Crippen LogP contribution is 2.33. The van der Waals surface area contributed by atoms with E-state index in [-0.39, 0.29) is 11.3 Å². The number of carbonyl (C=O) groups is 1. The van der Waals surface area contributed by atoms with Crippen LogP contribution < -0.4 is 5.32 Å². The average Bonchev–Trinajstić information content (AvgIpc) is 2.36. The summed E-state index contributed by atoms with van der Waals surface area (Å²) in [6.07, 6.45) is 9.41. The first-order chi connectivity index (χ1) is 8.20. The number of terminal acetylenes is 1. The van der Waals surface area contributed by atoms with E-state index in [4.69, 9.17) is 6.42 Å². The topological polar surface area (TPSA) is 32.3 Å². The molecule has 1 fully saturated rings. The van der Waals surface area contributed by atoms with Crippen molar-refractivity contribution in [3.63, 3.8) is 0 Å². The largest absolute Gasteiger partial charge is 0.331 e. The molecule has 1 unspecified atom stereocenters. The van der Waals surface area contributed by atoms with Gasteiger partial charge in [-0.05, 0) is 32.7 Å². The number of carbonyl (C=O) groups excluding carboxylic acids is 1. The predicted octanol–water partition coefficient (Wildman–Crippen LogP) is 1.64. The molecule has 1 heterocycles. The zero-order valence-corrected chi connectivity index (χ0v) is 11.1. The summed E-state index contributed by atoms with van der Waals surface area (Å²) in [7, 11) is 0. The van der Waals surface area contributed by atoms with Gasteiger partial charge in [0.2, 0.25) is 5.91 Å². The highest BCUT2D eigenvalue weighted by molar-refractivity contribution is 5.83. The van der Waals surface area contributed by atoms with E-state index in [0.29, 0.717) is 13.1 Å². The lowest BCUT2D eigenvalue weighted by Gasteiger charge is -2.39. The molecule has 0 radical (unpaired) electrons. The number of amides is 1. The fourth-order valence-corrected chi connectivity index (χ4v) is 2.72. The Morgan fingerprint density at radius 1 is 1.53 bits per heavy atom. The molecule has 1 rings (SSSR count). The maximum absolute atomic E-state index is 12.6. The maximum Gasteiger partial charge on any atom is 0.230 e. The van der Waals surface area contributed by atoms with Crippen molar-refractivity contribution >= 4 is 5.91 Å². The van der Waals surface area contributed by atoms with E-state index >= 15 is 0 Å². The number of piperidine rings is 1. The molecule has 0 aromatic rings. The lowest BCUT2D eigenvalue weighted by molar-refractivity contribution is -0.143. The minimum atomic E-state index is -0.208. The number of hydrogen-bond acceptors (Lipinski definition) is 2. The maximum atomic E-state index is 12.6. The molecule has 1 aliphatic rings. The van der Waals surface area contributed by atoms with Gasteiger partial charge in [0, 0.05) is 13.1 Å². The third kappa shape index (κ3) is 3.23. The first-order valence-corrected chi connectivity index (χ1v) is 6.63. The molecule has 1 N–H and O–H groups in total. The van der Waals surface area contributed by atoms with Crippen LogP contribution in [-0.4, -0.2) is 37.0 Å². The van der Waals surface area contributed by atoms with Crippen molar-refractivity contribution in [2.45, 2.75) is 39.5 Å². The fraction of sp³-hybridized carbons (Fsp3) is 0.786. The van der Waals surface area contributed by atoms with E-state index in [1.165, 1.54) is 0 Å². The van der Waals surface area contributed by atoms with E-state index in [9.17, 15) is 4.79 Å². The molecular weight excluding hydrogens is 212 g/mol. The van der Waals surface area contributed by atoms with E-state index in [2.05, 4.69) is 18.2 Å². The van der Waals surface area contributed by atoms with Crippen molar-refractivity contribution < 1.29 is 4.79 Å². The molecule has 0 saturated carbocycles. The second kappa shape index (κ2) is 6.66. The van der Waals surface area contributed by atoms with Crippen LogP contribution in [0.15, 0.2) is 0 Å². The number of nitrogens with one attached hydrogen (secondary N) is 1. The molecule has 3 nitrogen and oxygen atoms in total. The van der Waals surface area contributed by atoms with Crippen LogP contribution in [0.3, 0.4) is 0 Å². The standard InChI is InChI=1S/C14H24N2O/c1-4-8-14(9-7-10-15-12-14)13(17)16(6-3)11-5-2/h2,15H,4,6-12H2,1,3H3. The third-order valence-corrected chi connectivity index (χ3v) is 3.61. The highest BCUT2D eigenvalue weighted by atomic mass is 16.2. The Morgan fingerprint density at radius 3 is 2.76 bits per heavy atom. The van der Waals surface area contributed by atoms with Gasteiger partial charge < -0.3 is 10.2 Å². The Kier molecular flexibility index (Phi) is 5.50. The summed E-state index contributed by atoms with van der Waals surface area (Å²) in [6.45, 7) is 7.10. The quantitative estimate of drug-likeness (QED) is 0.736. The second-order valence-corrected chi connectivity index (χ2v) is 4.83. The minimum absolute atomic E-state index is 0.208. The van der Waals surface area contributed by atoms with Crippen LogP contribution in [0, 0.1) is 17.8 Å². The Labute approximate surface area is 105 Å². The Balaban J connectivity index is 2.81. The lowest BCUT2D eigenvalue weighted by atomic mass is 9.75. The van der Waals surface area contributed by atoms with Gasteiger partial charge in [0.25, 0.3) is 0 Å². The van der Waals surface area contributed by atoms with Gasteiger partial charge in [0.05, 0.1) is 12.0 Å². The highest BCUT2D eigenvalue weighted by Gasteiger charge is 2.40. The van der Waals surface area contributed by atoms with Crippen molar-refractivity contribution in [1.82, 2.24) is 10.2 Å². The van der Waals surface area contributed by atoms with Gasteiger partial charge in [-0.15, -0.1) is 6.42 Å². The molecule has 96 valence electrons. The molecule has 0 aliphatic carbocycles. The number of nitrogens with zero attached hydrogens (tertiary/aromatic N) is 1. The summed E-state index contributed by atoms with van der Waals surface area (Å²) in [5.74, 6) is 2.83. The van der Waals surface area contributed by atoms with Gasteiger partial charge in [-0.25, -0.2) is 0 Å². The lowest BCUT2D eigenvalue weighted by Crippen LogP contribution is -2.52. The van der Waals surface area contributed by atoms with Crippen LogP contribution in [0.25, 0.3) is 0 Å². The van der Waals surface area contributed by atoms with Crippen molar-refractivity contribution in [2.75, 3.05) is 26.2 Å². The van der Waals surface area contributed by atoms with E-state index in [1.807, 2.05) is 11.8 Å². The van der Waals surface area contributed by atoms with Gasteiger partial charge >= 0.3 is 0 Å². The molecule has 3 heteroatoms. The van der Waals surface area contributed by atoms with Gasteiger partial charge in [-0.3, -0.25) is 4.79 Å². The Morgan fingerprint density at radius 2 is 2.29 bits per heavy atom. The van der Waals surface area contributed by atoms with Crippen molar-refractivity contribution in [2.24, 2.45) is 5.41 Å². The van der Waals surface area contributed by atoms with Crippen LogP contribution in [0.5, 0.6) is 0 Å². The molecule has 0 aromatic heterocycles. The van der Waals surface area contributed by atoms with Gasteiger partial charge in [0.1, 0.15) is 0 Å². The van der Waals surface area contributed by atoms with E-state index < -0.39 is 0 Å². The van der Waals surface area contributed by atoms with Gasteiger partial charge in [0.15, 0.2) is 0 Å². The zero-order valence-electron chi connectivity index (χ0n) is 11.1. The first kappa shape index (κ1) is 14.1. The molecule has 1 amide bonds. The van der Waals surface area contributed by atoms with Crippen molar-refractivity contribution in [3.8, 4) is 12.3 Å². The molecule has 1 aliphatic heterocycles. The Bertz CT molecular complexity index is 282. The first-order valence-electron chi connectivity index (χ1n) is 6.63. The van der Waals surface area contributed by atoms with Crippen LogP contribution in [0.4, 0.5) is 0 Å². The molecule has 17 heavy (non-hydrogen) atoms. The smallest absolute Gasteiger partial charge is 0.230 e. The fourth-order valence-electron chi connectivity index (χ4n) is 2.72. The van der Waals surface area contributed by atoms with E-state index in [1.54, 1.807) is 0 Å². The van der Waals surface area contributed by atoms with E-state index in [0.717, 1.165) is 38.8 Å². The Hall–Kier alpha value is -1.01. The van der Waals surface area contributed by atoms with Crippen LogP contribution in [-0.2, 0) is 4.79 Å². The normalized spacial score (nSPS) is 24.1. The molecule has 1 saturated heterocycles. The minimum Gasteiger partial charge on any atom is -0.331 e. The van der Waals surface area contributed by atoms with Gasteiger partial charge in [-0.1, -0.05) is 19.3 Å². The average molecular weight is 236 g/mol.